The van der Waals surface area contributed by atoms with Gasteiger partial charge in [-0.1, -0.05) is 56.3 Å². The Kier molecular flexibility index (Phi) is 8.08. The number of nitrogens with zero attached hydrogens (tertiary/aromatic N) is 4. The third-order valence-electron chi connectivity index (χ3n) is 6.45. The van der Waals surface area contributed by atoms with Crippen molar-refractivity contribution in [1.29, 1.82) is 0 Å². The topological polar surface area (TPSA) is 70.6 Å². The summed E-state index contributed by atoms with van der Waals surface area (Å²) in [5.74, 6) is 1.23. The van der Waals surface area contributed by atoms with Crippen LogP contribution in [-0.4, -0.2) is 71.6 Å². The fourth-order valence-electron chi connectivity index (χ4n) is 4.38. The van der Waals surface area contributed by atoms with Crippen molar-refractivity contribution in [2.24, 2.45) is 5.92 Å². The minimum absolute atomic E-state index is 0.0635. The summed E-state index contributed by atoms with van der Waals surface area (Å²) in [5, 5.41) is 4.25. The van der Waals surface area contributed by atoms with E-state index in [1.54, 1.807) is 0 Å². The number of rotatable bonds is 9. The zero-order valence-electron chi connectivity index (χ0n) is 20.4. The highest BCUT2D eigenvalue weighted by molar-refractivity contribution is 5.91. The molecule has 180 valence electrons. The fourth-order valence-corrected chi connectivity index (χ4v) is 4.38. The number of hydrogen-bond donors (Lipinski definition) is 1. The van der Waals surface area contributed by atoms with Gasteiger partial charge in [0.1, 0.15) is 17.7 Å². The van der Waals surface area contributed by atoms with Crippen LogP contribution in [-0.2, 0) is 22.5 Å². The van der Waals surface area contributed by atoms with E-state index >= 15 is 0 Å². The first-order valence-corrected chi connectivity index (χ1v) is 12.1. The van der Waals surface area contributed by atoms with Gasteiger partial charge in [-0.15, -0.1) is 0 Å². The number of methoxy groups -OCH3 is 1. The molecule has 0 bridgehead atoms. The third kappa shape index (κ3) is 6.10. The van der Waals surface area contributed by atoms with E-state index in [1.165, 1.54) is 12.7 Å². The fraction of sp³-hybridized carbons (Fsp3) is 0.444. The van der Waals surface area contributed by atoms with E-state index in [4.69, 9.17) is 14.7 Å². The van der Waals surface area contributed by atoms with Crippen LogP contribution in [0.1, 0.15) is 25.2 Å². The van der Waals surface area contributed by atoms with Gasteiger partial charge >= 0.3 is 5.97 Å². The Bertz CT molecular complexity index is 1080. The predicted octanol–water partition coefficient (Wildman–Crippen LogP) is 3.60. The summed E-state index contributed by atoms with van der Waals surface area (Å²) >= 11 is 0. The first-order valence-electron chi connectivity index (χ1n) is 12.1. The number of hydrogen-bond acceptors (Lipinski definition) is 7. The monoisotopic (exact) mass is 461 g/mol. The molecule has 4 rings (SSSR count). The maximum absolute atomic E-state index is 12.3. The Morgan fingerprint density at radius 3 is 2.35 bits per heavy atom. The lowest BCUT2D eigenvalue weighted by molar-refractivity contribution is -0.142. The summed E-state index contributed by atoms with van der Waals surface area (Å²) in [6, 6.07) is 18.1. The highest BCUT2D eigenvalue weighted by atomic mass is 16.5. The van der Waals surface area contributed by atoms with E-state index in [0.29, 0.717) is 12.4 Å². The smallest absolute Gasteiger partial charge is 0.328 e. The number of para-hydroxylation sites is 1. The number of piperazine rings is 1. The second kappa shape index (κ2) is 11.4. The molecule has 2 heterocycles. The molecular weight excluding hydrogens is 426 g/mol. The predicted molar refractivity (Wildman–Crippen MR) is 136 cm³/mol. The van der Waals surface area contributed by atoms with Crippen molar-refractivity contribution >= 4 is 22.7 Å². The van der Waals surface area contributed by atoms with Gasteiger partial charge in [-0.05, 0) is 30.0 Å². The average Bonchev–Trinajstić information content (AvgIpc) is 2.86. The van der Waals surface area contributed by atoms with Crippen LogP contribution in [0.3, 0.4) is 0 Å². The van der Waals surface area contributed by atoms with Gasteiger partial charge in [-0.3, -0.25) is 4.90 Å². The Labute approximate surface area is 202 Å². The summed E-state index contributed by atoms with van der Waals surface area (Å²) in [6.45, 7) is 9.84. The van der Waals surface area contributed by atoms with Crippen molar-refractivity contribution in [3.63, 3.8) is 0 Å². The second-order valence-electron chi connectivity index (χ2n) is 9.25. The molecule has 0 radical (unpaired) electrons. The van der Waals surface area contributed by atoms with Crippen molar-refractivity contribution in [1.82, 2.24) is 19.8 Å². The lowest BCUT2D eigenvalue weighted by Gasteiger charge is -2.34. The Morgan fingerprint density at radius 1 is 0.971 bits per heavy atom. The maximum atomic E-state index is 12.3. The highest BCUT2D eigenvalue weighted by Crippen LogP contribution is 2.23. The molecule has 3 aromatic rings. The van der Waals surface area contributed by atoms with Gasteiger partial charge in [0.25, 0.3) is 0 Å². The number of anilines is 1. The Balaban J connectivity index is 1.42. The molecule has 34 heavy (non-hydrogen) atoms. The molecule has 0 saturated carbocycles. The van der Waals surface area contributed by atoms with Gasteiger partial charge in [0, 0.05) is 38.1 Å². The van der Waals surface area contributed by atoms with Crippen LogP contribution in [0.2, 0.25) is 0 Å². The zero-order chi connectivity index (χ0) is 23.9. The number of carbonyl (C=O) groups is 1. The lowest BCUT2D eigenvalue weighted by Crippen LogP contribution is -2.46. The molecule has 0 aliphatic carbocycles. The van der Waals surface area contributed by atoms with Crippen LogP contribution in [0.5, 0.6) is 0 Å². The SMILES string of the molecule is COC(=O)[C@@H](Nc1nc(CN2CCN(CCc3ccccc3)CC2)nc2ccccc12)C(C)C. The van der Waals surface area contributed by atoms with E-state index in [9.17, 15) is 4.79 Å². The van der Waals surface area contributed by atoms with Gasteiger partial charge in [0.2, 0.25) is 0 Å². The summed E-state index contributed by atoms with van der Waals surface area (Å²) in [6.07, 6.45) is 1.08. The Morgan fingerprint density at radius 2 is 1.65 bits per heavy atom. The maximum Gasteiger partial charge on any atom is 0.328 e. The van der Waals surface area contributed by atoms with E-state index in [2.05, 4.69) is 45.4 Å². The molecular formula is C27H35N5O2. The average molecular weight is 462 g/mol. The van der Waals surface area contributed by atoms with Crippen LogP contribution in [0.25, 0.3) is 10.9 Å². The number of aromatic nitrogens is 2. The summed E-state index contributed by atoms with van der Waals surface area (Å²) in [5.41, 5.74) is 2.27. The van der Waals surface area contributed by atoms with Crippen molar-refractivity contribution in [2.75, 3.05) is 45.2 Å². The van der Waals surface area contributed by atoms with Gasteiger partial charge in [-0.2, -0.15) is 0 Å². The minimum atomic E-state index is -0.468. The third-order valence-corrected chi connectivity index (χ3v) is 6.45. The van der Waals surface area contributed by atoms with Crippen molar-refractivity contribution in [2.45, 2.75) is 32.9 Å². The highest BCUT2D eigenvalue weighted by Gasteiger charge is 2.25. The lowest BCUT2D eigenvalue weighted by atomic mass is 10.0. The van der Waals surface area contributed by atoms with Crippen LogP contribution in [0.15, 0.2) is 54.6 Å². The first-order chi connectivity index (χ1) is 16.5. The molecule has 7 nitrogen and oxygen atoms in total. The normalized spacial score (nSPS) is 16.0. The molecule has 0 unspecified atom stereocenters. The van der Waals surface area contributed by atoms with Gasteiger partial charge < -0.3 is 15.0 Å². The van der Waals surface area contributed by atoms with Crippen LogP contribution in [0.4, 0.5) is 5.82 Å². The number of nitrogens with one attached hydrogen (secondary N) is 1. The molecule has 0 spiro atoms. The van der Waals surface area contributed by atoms with E-state index in [1.807, 2.05) is 38.1 Å². The molecule has 1 fully saturated rings. The quantitative estimate of drug-likeness (QED) is 0.488. The molecule has 7 heteroatoms. The van der Waals surface area contributed by atoms with Crippen molar-refractivity contribution in [3.8, 4) is 0 Å². The van der Waals surface area contributed by atoms with Crippen molar-refractivity contribution in [3.05, 3.63) is 66.0 Å². The molecule has 1 aliphatic rings. The number of esters is 1. The number of fused-ring (bicyclic) bond motifs is 1. The molecule has 1 aromatic heterocycles. The van der Waals surface area contributed by atoms with Crippen LogP contribution < -0.4 is 5.32 Å². The Hall–Kier alpha value is -3.03. The summed E-state index contributed by atoms with van der Waals surface area (Å²) in [4.78, 5) is 26.9. The molecule has 0 amide bonds. The zero-order valence-corrected chi connectivity index (χ0v) is 20.4. The number of carbonyl (C=O) groups excluding carboxylic acids is 1. The summed E-state index contributed by atoms with van der Waals surface area (Å²) in [7, 11) is 1.42. The van der Waals surface area contributed by atoms with Crippen molar-refractivity contribution < 1.29 is 9.53 Å². The van der Waals surface area contributed by atoms with E-state index < -0.39 is 6.04 Å². The summed E-state index contributed by atoms with van der Waals surface area (Å²) < 4.78 is 5.01. The largest absolute Gasteiger partial charge is 0.467 e. The van der Waals surface area contributed by atoms with Crippen LogP contribution in [0, 0.1) is 5.92 Å². The first kappa shape index (κ1) is 24.1. The second-order valence-corrected chi connectivity index (χ2v) is 9.25. The van der Waals surface area contributed by atoms with Gasteiger partial charge in [-0.25, -0.2) is 14.8 Å². The van der Waals surface area contributed by atoms with E-state index in [0.717, 1.165) is 55.9 Å². The molecule has 1 aliphatic heterocycles. The minimum Gasteiger partial charge on any atom is -0.467 e. The number of benzene rings is 2. The molecule has 2 aromatic carbocycles. The van der Waals surface area contributed by atoms with Gasteiger partial charge in [0.15, 0.2) is 0 Å². The number of ether oxygens (including phenoxy) is 1. The molecule has 1 N–H and O–H groups in total. The molecule has 1 atom stereocenters. The van der Waals surface area contributed by atoms with E-state index in [-0.39, 0.29) is 11.9 Å². The van der Waals surface area contributed by atoms with Gasteiger partial charge in [0.05, 0.1) is 19.2 Å². The standard InChI is InChI=1S/C27H35N5O2/c1-20(2)25(27(33)34-3)30-26-22-11-7-8-12-23(22)28-24(29-26)19-32-17-15-31(16-18-32)14-13-21-9-5-4-6-10-21/h4-12,20,25H,13-19H2,1-3H3,(H,28,29,30)/t25-/m0/s1. The molecule has 1 saturated heterocycles. The van der Waals surface area contributed by atoms with Crippen LogP contribution >= 0.6 is 0 Å².